The summed E-state index contributed by atoms with van der Waals surface area (Å²) in [6.45, 7) is 2.74. The molecule has 18 heavy (non-hydrogen) atoms. The van der Waals surface area contributed by atoms with Gasteiger partial charge in [0.2, 0.25) is 5.95 Å². The van der Waals surface area contributed by atoms with Gasteiger partial charge in [0.15, 0.2) is 0 Å². The molecule has 0 aliphatic heterocycles. The van der Waals surface area contributed by atoms with Crippen LogP contribution in [0.3, 0.4) is 0 Å². The van der Waals surface area contributed by atoms with E-state index >= 15 is 0 Å². The van der Waals surface area contributed by atoms with Crippen molar-refractivity contribution in [3.05, 3.63) is 47.8 Å². The molecule has 2 rings (SSSR count). The van der Waals surface area contributed by atoms with Crippen molar-refractivity contribution in [1.29, 1.82) is 0 Å². The average molecular weight is 243 g/mol. The first kappa shape index (κ1) is 12.4. The van der Waals surface area contributed by atoms with E-state index in [2.05, 4.69) is 9.97 Å². The molecule has 0 spiro atoms. The molecule has 0 aliphatic rings. The second-order valence-corrected chi connectivity index (χ2v) is 4.20. The summed E-state index contributed by atoms with van der Waals surface area (Å²) in [5, 5.41) is 0. The van der Waals surface area contributed by atoms with E-state index in [4.69, 9.17) is 4.74 Å². The summed E-state index contributed by atoms with van der Waals surface area (Å²) >= 11 is 0. The number of rotatable bonds is 4. The predicted octanol–water partition coefficient (Wildman–Crippen LogP) is 2.43. The van der Waals surface area contributed by atoms with Crippen molar-refractivity contribution >= 4 is 5.95 Å². The Bertz CT molecular complexity index is 511. The molecule has 0 unspecified atom stereocenters. The predicted molar refractivity (Wildman–Crippen MR) is 71.9 cm³/mol. The van der Waals surface area contributed by atoms with Gasteiger partial charge in [-0.3, -0.25) is 0 Å². The maximum absolute atomic E-state index is 5.14. The van der Waals surface area contributed by atoms with Gasteiger partial charge >= 0.3 is 0 Å². The van der Waals surface area contributed by atoms with Gasteiger partial charge in [-0.25, -0.2) is 9.97 Å². The lowest BCUT2D eigenvalue weighted by atomic mass is 10.2. The Morgan fingerprint density at radius 3 is 2.50 bits per heavy atom. The van der Waals surface area contributed by atoms with Crippen LogP contribution in [-0.2, 0) is 6.54 Å². The summed E-state index contributed by atoms with van der Waals surface area (Å²) in [5.74, 6) is 1.61. The molecule has 0 atom stereocenters. The summed E-state index contributed by atoms with van der Waals surface area (Å²) in [6.07, 6.45) is 1.78. The van der Waals surface area contributed by atoms with Crippen LogP contribution in [0.15, 0.2) is 36.5 Å². The molecule has 1 aromatic carbocycles. The quantitative estimate of drug-likeness (QED) is 0.826. The van der Waals surface area contributed by atoms with Crippen LogP contribution in [0.25, 0.3) is 0 Å². The lowest BCUT2D eigenvalue weighted by Crippen LogP contribution is -2.19. The molecule has 94 valence electrons. The van der Waals surface area contributed by atoms with Crippen molar-refractivity contribution in [2.24, 2.45) is 0 Å². The van der Waals surface area contributed by atoms with E-state index in [0.717, 1.165) is 23.9 Å². The lowest BCUT2D eigenvalue weighted by molar-refractivity contribution is 0.414. The number of hydrogen-bond donors (Lipinski definition) is 0. The standard InChI is InChI=1S/C14H17N3O/c1-11-8-9-15-14(16-11)17(2)10-12-4-6-13(18-3)7-5-12/h4-9H,10H2,1-3H3. The minimum atomic E-state index is 0.741. The Labute approximate surface area is 107 Å². The highest BCUT2D eigenvalue weighted by Crippen LogP contribution is 2.14. The molecule has 1 heterocycles. The van der Waals surface area contributed by atoms with Crippen LogP contribution < -0.4 is 9.64 Å². The number of aromatic nitrogens is 2. The molecule has 0 bridgehead atoms. The van der Waals surface area contributed by atoms with Gasteiger partial charge in [0, 0.05) is 25.5 Å². The Balaban J connectivity index is 2.08. The Hall–Kier alpha value is -2.10. The van der Waals surface area contributed by atoms with E-state index < -0.39 is 0 Å². The van der Waals surface area contributed by atoms with Gasteiger partial charge in [-0.15, -0.1) is 0 Å². The number of aryl methyl sites for hydroxylation is 1. The third-order valence-electron chi connectivity index (χ3n) is 2.70. The summed E-state index contributed by atoms with van der Waals surface area (Å²) < 4.78 is 5.14. The monoisotopic (exact) mass is 243 g/mol. The van der Waals surface area contributed by atoms with E-state index in [-0.39, 0.29) is 0 Å². The van der Waals surface area contributed by atoms with E-state index in [1.807, 2.05) is 49.2 Å². The van der Waals surface area contributed by atoms with Gasteiger partial charge in [-0.1, -0.05) is 12.1 Å². The minimum Gasteiger partial charge on any atom is -0.497 e. The van der Waals surface area contributed by atoms with Crippen molar-refractivity contribution < 1.29 is 4.74 Å². The lowest BCUT2D eigenvalue weighted by Gasteiger charge is -2.17. The van der Waals surface area contributed by atoms with Crippen molar-refractivity contribution in [2.45, 2.75) is 13.5 Å². The fourth-order valence-electron chi connectivity index (χ4n) is 1.70. The van der Waals surface area contributed by atoms with Gasteiger partial charge in [0.25, 0.3) is 0 Å². The summed E-state index contributed by atoms with van der Waals surface area (Å²) in [6, 6.07) is 9.90. The summed E-state index contributed by atoms with van der Waals surface area (Å²) in [7, 11) is 3.65. The smallest absolute Gasteiger partial charge is 0.225 e. The molecule has 4 nitrogen and oxygen atoms in total. The second kappa shape index (κ2) is 5.49. The van der Waals surface area contributed by atoms with Crippen LogP contribution in [0.5, 0.6) is 5.75 Å². The fourth-order valence-corrected chi connectivity index (χ4v) is 1.70. The first-order chi connectivity index (χ1) is 8.69. The highest BCUT2D eigenvalue weighted by atomic mass is 16.5. The van der Waals surface area contributed by atoms with Crippen molar-refractivity contribution in [1.82, 2.24) is 9.97 Å². The molecule has 2 aromatic rings. The average Bonchev–Trinajstić information content (AvgIpc) is 2.39. The number of benzene rings is 1. The van der Waals surface area contributed by atoms with Gasteiger partial charge in [-0.2, -0.15) is 0 Å². The molecule has 1 aromatic heterocycles. The van der Waals surface area contributed by atoms with E-state index in [0.29, 0.717) is 0 Å². The van der Waals surface area contributed by atoms with Gasteiger partial charge in [0.1, 0.15) is 5.75 Å². The Morgan fingerprint density at radius 1 is 1.17 bits per heavy atom. The fraction of sp³-hybridized carbons (Fsp3) is 0.286. The molecule has 0 aliphatic carbocycles. The van der Waals surface area contributed by atoms with Gasteiger partial charge in [-0.05, 0) is 30.7 Å². The van der Waals surface area contributed by atoms with Crippen molar-refractivity contribution in [2.75, 3.05) is 19.1 Å². The number of nitrogens with zero attached hydrogens (tertiary/aromatic N) is 3. The van der Waals surface area contributed by atoms with Crippen LogP contribution in [0.4, 0.5) is 5.95 Å². The van der Waals surface area contributed by atoms with Gasteiger partial charge in [0.05, 0.1) is 7.11 Å². The largest absolute Gasteiger partial charge is 0.497 e. The molecule has 0 saturated carbocycles. The minimum absolute atomic E-state index is 0.741. The number of anilines is 1. The Kier molecular flexibility index (Phi) is 3.77. The van der Waals surface area contributed by atoms with Crippen molar-refractivity contribution in [3.63, 3.8) is 0 Å². The zero-order chi connectivity index (χ0) is 13.0. The Morgan fingerprint density at radius 2 is 1.89 bits per heavy atom. The number of methoxy groups -OCH3 is 1. The van der Waals surface area contributed by atoms with Gasteiger partial charge < -0.3 is 9.64 Å². The number of ether oxygens (including phenoxy) is 1. The molecule has 0 N–H and O–H groups in total. The zero-order valence-corrected chi connectivity index (χ0v) is 10.9. The molecule has 4 heteroatoms. The third-order valence-corrected chi connectivity index (χ3v) is 2.70. The van der Waals surface area contributed by atoms with Crippen LogP contribution in [-0.4, -0.2) is 24.1 Å². The third kappa shape index (κ3) is 2.97. The number of hydrogen-bond acceptors (Lipinski definition) is 4. The topological polar surface area (TPSA) is 38.2 Å². The second-order valence-electron chi connectivity index (χ2n) is 4.20. The molecule has 0 amide bonds. The molecular weight excluding hydrogens is 226 g/mol. The molecule has 0 saturated heterocycles. The highest BCUT2D eigenvalue weighted by Gasteiger charge is 2.05. The molecule has 0 fully saturated rings. The van der Waals surface area contributed by atoms with Crippen LogP contribution in [0, 0.1) is 6.92 Å². The maximum Gasteiger partial charge on any atom is 0.225 e. The zero-order valence-electron chi connectivity index (χ0n) is 10.9. The maximum atomic E-state index is 5.14. The van der Waals surface area contributed by atoms with E-state index in [1.165, 1.54) is 5.56 Å². The normalized spacial score (nSPS) is 10.2. The first-order valence-corrected chi connectivity index (χ1v) is 5.83. The van der Waals surface area contributed by atoms with Crippen molar-refractivity contribution in [3.8, 4) is 5.75 Å². The van der Waals surface area contributed by atoms with E-state index in [1.54, 1.807) is 13.3 Å². The highest BCUT2D eigenvalue weighted by molar-refractivity contribution is 5.33. The summed E-state index contributed by atoms with van der Waals surface area (Å²) in [5.41, 5.74) is 2.17. The first-order valence-electron chi connectivity index (χ1n) is 5.83. The molecule has 0 radical (unpaired) electrons. The van der Waals surface area contributed by atoms with E-state index in [9.17, 15) is 0 Å². The van der Waals surface area contributed by atoms with Crippen LogP contribution >= 0.6 is 0 Å². The van der Waals surface area contributed by atoms with Crippen LogP contribution in [0.1, 0.15) is 11.3 Å². The van der Waals surface area contributed by atoms with Crippen LogP contribution in [0.2, 0.25) is 0 Å². The SMILES string of the molecule is COc1ccc(CN(C)c2nccc(C)n2)cc1. The molecular formula is C14H17N3O. The summed E-state index contributed by atoms with van der Waals surface area (Å²) in [4.78, 5) is 10.7.